The smallest absolute Gasteiger partial charge is 0.243 e. The van der Waals surface area contributed by atoms with Crippen molar-refractivity contribution in [1.82, 2.24) is 24.6 Å². The van der Waals surface area contributed by atoms with Gasteiger partial charge in [0, 0.05) is 24.7 Å². The Bertz CT molecular complexity index is 1210. The third kappa shape index (κ3) is 4.44. The van der Waals surface area contributed by atoms with Crippen LogP contribution in [0.2, 0.25) is 5.02 Å². The van der Waals surface area contributed by atoms with Crippen LogP contribution in [0.4, 0.5) is 0 Å². The fourth-order valence-corrected chi connectivity index (χ4v) is 5.76. The minimum absolute atomic E-state index is 0.123. The van der Waals surface area contributed by atoms with Gasteiger partial charge < -0.3 is 5.32 Å². The molecule has 1 fully saturated rings. The number of fused-ring (bicyclic) bond motifs is 1. The van der Waals surface area contributed by atoms with Gasteiger partial charge in [-0.3, -0.25) is 4.79 Å². The van der Waals surface area contributed by atoms with Crippen LogP contribution in [-0.2, 0) is 27.9 Å². The van der Waals surface area contributed by atoms with Gasteiger partial charge in [0.1, 0.15) is 11.6 Å². The van der Waals surface area contributed by atoms with Crippen LogP contribution in [0.1, 0.15) is 31.7 Å². The molecule has 1 atom stereocenters. The number of halogens is 1. The van der Waals surface area contributed by atoms with E-state index in [0.717, 1.165) is 17.5 Å². The number of nitrogens with one attached hydrogen (secondary N) is 1. The zero-order valence-electron chi connectivity index (χ0n) is 17.2. The summed E-state index contributed by atoms with van der Waals surface area (Å²) in [6, 6.07) is 11.3. The van der Waals surface area contributed by atoms with E-state index in [2.05, 4.69) is 15.6 Å². The molecule has 0 aliphatic carbocycles. The molecule has 1 aromatic heterocycles. The number of aromatic nitrogens is 3. The van der Waals surface area contributed by atoms with E-state index >= 15 is 0 Å². The second-order valence-corrected chi connectivity index (χ2v) is 9.91. The number of carbonyl (C=O) groups excluding carboxylic acids is 1. The van der Waals surface area contributed by atoms with E-state index in [1.807, 2.05) is 19.1 Å². The number of benzene rings is 2. The normalized spacial score (nSPS) is 17.3. The van der Waals surface area contributed by atoms with Crippen molar-refractivity contribution in [3.05, 3.63) is 53.1 Å². The Kier molecular flexibility index (Phi) is 6.27. The van der Waals surface area contributed by atoms with Crippen LogP contribution in [0.3, 0.4) is 0 Å². The molecular formula is C21H24ClN5O3S. The maximum Gasteiger partial charge on any atom is 0.243 e. The van der Waals surface area contributed by atoms with Crippen molar-refractivity contribution in [3.63, 3.8) is 0 Å². The zero-order valence-corrected chi connectivity index (χ0v) is 18.7. The lowest BCUT2D eigenvalue weighted by atomic mass is 10.2. The van der Waals surface area contributed by atoms with Gasteiger partial charge in [-0.05, 0) is 55.2 Å². The van der Waals surface area contributed by atoms with Gasteiger partial charge in [0.25, 0.3) is 0 Å². The first-order valence-corrected chi connectivity index (χ1v) is 12.1. The highest BCUT2D eigenvalue weighted by molar-refractivity contribution is 7.89. The third-order valence-corrected chi connectivity index (χ3v) is 7.53. The third-order valence-electron chi connectivity index (χ3n) is 5.39. The quantitative estimate of drug-likeness (QED) is 0.583. The van der Waals surface area contributed by atoms with E-state index < -0.39 is 16.1 Å². The number of nitrogens with zero attached hydrogens (tertiary/aromatic N) is 4. The number of hydrogen-bond acceptors (Lipinski definition) is 5. The Labute approximate surface area is 186 Å². The van der Waals surface area contributed by atoms with Crippen LogP contribution >= 0.6 is 11.6 Å². The summed E-state index contributed by atoms with van der Waals surface area (Å²) in [6.07, 6.45) is 2.01. The minimum Gasteiger partial charge on any atom is -0.351 e. The molecule has 10 heteroatoms. The summed E-state index contributed by atoms with van der Waals surface area (Å²) in [6.45, 7) is 3.34. The van der Waals surface area contributed by atoms with Crippen molar-refractivity contribution in [3.8, 4) is 0 Å². The average molecular weight is 462 g/mol. The molecule has 1 aliphatic heterocycles. The largest absolute Gasteiger partial charge is 0.351 e. The number of sulfonamides is 1. The molecule has 0 bridgehead atoms. The van der Waals surface area contributed by atoms with Gasteiger partial charge in [-0.2, -0.15) is 4.31 Å². The van der Waals surface area contributed by atoms with E-state index in [1.165, 1.54) is 10.4 Å². The van der Waals surface area contributed by atoms with E-state index in [-0.39, 0.29) is 17.3 Å². The van der Waals surface area contributed by atoms with Gasteiger partial charge in [0.2, 0.25) is 15.9 Å². The molecule has 1 amide bonds. The van der Waals surface area contributed by atoms with Crippen LogP contribution < -0.4 is 5.32 Å². The average Bonchev–Trinajstić information content (AvgIpc) is 3.40. The molecule has 0 saturated carbocycles. The number of aryl methyl sites for hydroxylation is 1. The standard InChI is InChI=1S/C21H24ClN5O3S/c1-2-10-26-19-9-8-17(13-18(19)24-25-26)31(29,30)27-11-4-7-20(27)21(28)23-14-15-5-3-6-16(22)12-15/h3,5-6,8-9,12-13,20H,2,4,7,10-11,14H2,1H3,(H,23,28). The Morgan fingerprint density at radius 3 is 2.87 bits per heavy atom. The number of carbonyl (C=O) groups is 1. The monoisotopic (exact) mass is 461 g/mol. The maximum absolute atomic E-state index is 13.3. The Hall–Kier alpha value is -2.49. The van der Waals surface area contributed by atoms with Crippen molar-refractivity contribution in [2.24, 2.45) is 0 Å². The van der Waals surface area contributed by atoms with Gasteiger partial charge >= 0.3 is 0 Å². The first-order chi connectivity index (χ1) is 14.9. The predicted octanol–water partition coefficient (Wildman–Crippen LogP) is 2.96. The van der Waals surface area contributed by atoms with Gasteiger partial charge in [-0.25, -0.2) is 13.1 Å². The molecule has 2 heterocycles. The molecular weight excluding hydrogens is 438 g/mol. The van der Waals surface area contributed by atoms with Crippen molar-refractivity contribution in [2.75, 3.05) is 6.54 Å². The van der Waals surface area contributed by atoms with Crippen molar-refractivity contribution < 1.29 is 13.2 Å². The lowest BCUT2D eigenvalue weighted by molar-refractivity contribution is -0.124. The molecule has 8 nitrogen and oxygen atoms in total. The molecule has 1 saturated heterocycles. The summed E-state index contributed by atoms with van der Waals surface area (Å²) in [5.41, 5.74) is 2.17. The van der Waals surface area contributed by atoms with Gasteiger partial charge in [-0.15, -0.1) is 5.10 Å². The number of rotatable bonds is 7. The summed E-state index contributed by atoms with van der Waals surface area (Å²) in [7, 11) is -3.84. The van der Waals surface area contributed by atoms with Crippen molar-refractivity contribution in [1.29, 1.82) is 0 Å². The van der Waals surface area contributed by atoms with Crippen LogP contribution in [0, 0.1) is 0 Å². The predicted molar refractivity (Wildman–Crippen MR) is 118 cm³/mol. The highest BCUT2D eigenvalue weighted by Crippen LogP contribution is 2.28. The Morgan fingerprint density at radius 2 is 2.10 bits per heavy atom. The molecule has 1 N–H and O–H groups in total. The second-order valence-electron chi connectivity index (χ2n) is 7.58. The molecule has 2 aromatic carbocycles. The summed E-state index contributed by atoms with van der Waals surface area (Å²) >= 11 is 5.99. The summed E-state index contributed by atoms with van der Waals surface area (Å²) in [4.78, 5) is 12.9. The molecule has 3 aromatic rings. The molecule has 0 spiro atoms. The van der Waals surface area contributed by atoms with Crippen LogP contribution in [-0.4, -0.2) is 46.2 Å². The summed E-state index contributed by atoms with van der Waals surface area (Å²) in [5, 5.41) is 11.6. The fraction of sp³-hybridized carbons (Fsp3) is 0.381. The topological polar surface area (TPSA) is 97.2 Å². The van der Waals surface area contributed by atoms with E-state index in [0.29, 0.717) is 36.5 Å². The van der Waals surface area contributed by atoms with Crippen molar-refractivity contribution >= 4 is 38.6 Å². The Morgan fingerprint density at radius 1 is 1.26 bits per heavy atom. The molecule has 4 rings (SSSR count). The minimum atomic E-state index is -3.84. The molecule has 1 aliphatic rings. The van der Waals surface area contributed by atoms with E-state index in [1.54, 1.807) is 28.9 Å². The lowest BCUT2D eigenvalue weighted by Gasteiger charge is -2.23. The van der Waals surface area contributed by atoms with Crippen LogP contribution in [0.15, 0.2) is 47.4 Å². The highest BCUT2D eigenvalue weighted by atomic mass is 35.5. The Balaban J connectivity index is 1.52. The van der Waals surface area contributed by atoms with Gasteiger partial charge in [0.05, 0.1) is 10.4 Å². The van der Waals surface area contributed by atoms with E-state index in [4.69, 9.17) is 11.6 Å². The molecule has 0 radical (unpaired) electrons. The fourth-order valence-electron chi connectivity index (χ4n) is 3.87. The van der Waals surface area contributed by atoms with Gasteiger partial charge in [-0.1, -0.05) is 35.9 Å². The summed E-state index contributed by atoms with van der Waals surface area (Å²) in [5.74, 6) is -0.309. The second kappa shape index (κ2) is 8.94. The lowest BCUT2D eigenvalue weighted by Crippen LogP contribution is -2.45. The highest BCUT2D eigenvalue weighted by Gasteiger charge is 2.39. The van der Waals surface area contributed by atoms with Crippen LogP contribution in [0.25, 0.3) is 11.0 Å². The maximum atomic E-state index is 13.3. The SMILES string of the molecule is CCCn1nnc2cc(S(=O)(=O)N3CCCC3C(=O)NCc3cccc(Cl)c3)ccc21. The first-order valence-electron chi connectivity index (χ1n) is 10.3. The van der Waals surface area contributed by atoms with Crippen molar-refractivity contribution in [2.45, 2.75) is 50.2 Å². The molecule has 31 heavy (non-hydrogen) atoms. The summed E-state index contributed by atoms with van der Waals surface area (Å²) < 4.78 is 29.7. The molecule has 164 valence electrons. The first kappa shape index (κ1) is 21.7. The zero-order chi connectivity index (χ0) is 22.0. The van der Waals surface area contributed by atoms with E-state index in [9.17, 15) is 13.2 Å². The van der Waals surface area contributed by atoms with Gasteiger partial charge in [0.15, 0.2) is 0 Å². The number of amides is 1. The molecule has 1 unspecified atom stereocenters. The van der Waals surface area contributed by atoms with Crippen LogP contribution in [0.5, 0.6) is 0 Å². The number of hydrogen-bond donors (Lipinski definition) is 1.